The van der Waals surface area contributed by atoms with Crippen LogP contribution in [0.5, 0.6) is 0 Å². The smallest absolute Gasteiger partial charge is 0.0585 e. The average Bonchev–Trinajstić information content (AvgIpc) is 2.93. The second-order valence-electron chi connectivity index (χ2n) is 4.79. The zero-order chi connectivity index (χ0) is 13.5. The third-order valence-corrected chi connectivity index (χ3v) is 3.89. The van der Waals surface area contributed by atoms with Gasteiger partial charge in [0.25, 0.3) is 0 Å². The molecular weight excluding hydrogens is 250 g/mol. The van der Waals surface area contributed by atoms with Gasteiger partial charge in [-0.15, -0.1) is 11.3 Å². The first kappa shape index (κ1) is 13.9. The lowest BCUT2D eigenvalue weighted by molar-refractivity contribution is 0.437. The van der Waals surface area contributed by atoms with Gasteiger partial charge in [0, 0.05) is 16.5 Å². The predicted molar refractivity (Wildman–Crippen MR) is 83.2 cm³/mol. The topological polar surface area (TPSA) is 12.0 Å². The Hall–Kier alpha value is -1.56. The Morgan fingerprint density at radius 2 is 1.89 bits per heavy atom. The largest absolute Gasteiger partial charge is 0.298 e. The molecule has 2 rings (SSSR count). The molecule has 0 fully saturated rings. The summed E-state index contributed by atoms with van der Waals surface area (Å²) in [5.41, 5.74) is 1.07. The number of benzene rings is 1. The first-order valence-electron chi connectivity index (χ1n) is 6.58. The third kappa shape index (κ3) is 4.24. The van der Waals surface area contributed by atoms with Crippen molar-refractivity contribution in [2.24, 2.45) is 5.92 Å². The second-order valence-corrected chi connectivity index (χ2v) is 5.77. The molecular formula is C17H19NS. The van der Waals surface area contributed by atoms with E-state index >= 15 is 0 Å². The highest BCUT2D eigenvalue weighted by Gasteiger charge is 2.14. The van der Waals surface area contributed by atoms with Crippen molar-refractivity contribution < 1.29 is 0 Å². The Morgan fingerprint density at radius 1 is 1.11 bits per heavy atom. The van der Waals surface area contributed by atoms with Gasteiger partial charge >= 0.3 is 0 Å². The van der Waals surface area contributed by atoms with Gasteiger partial charge in [-0.3, -0.25) is 5.32 Å². The summed E-state index contributed by atoms with van der Waals surface area (Å²) in [6.07, 6.45) is 0. The van der Waals surface area contributed by atoms with Crippen molar-refractivity contribution in [3.8, 4) is 11.8 Å². The van der Waals surface area contributed by atoms with E-state index in [1.54, 1.807) is 11.3 Å². The lowest BCUT2D eigenvalue weighted by Crippen LogP contribution is -2.25. The van der Waals surface area contributed by atoms with Crippen LogP contribution in [0.4, 0.5) is 0 Å². The summed E-state index contributed by atoms with van der Waals surface area (Å²) in [5.74, 6) is 6.93. The quantitative estimate of drug-likeness (QED) is 0.824. The molecule has 0 aliphatic heterocycles. The zero-order valence-corrected chi connectivity index (χ0v) is 12.2. The molecule has 1 unspecified atom stereocenters. The number of nitrogens with one attached hydrogen (secondary N) is 1. The van der Waals surface area contributed by atoms with E-state index in [9.17, 15) is 0 Å². The fourth-order valence-electron chi connectivity index (χ4n) is 1.96. The van der Waals surface area contributed by atoms with Gasteiger partial charge in [0.05, 0.1) is 6.54 Å². The Balaban J connectivity index is 1.92. The molecule has 98 valence electrons. The number of hydrogen-bond donors (Lipinski definition) is 1. The van der Waals surface area contributed by atoms with Crippen molar-refractivity contribution >= 4 is 11.3 Å². The monoisotopic (exact) mass is 269 g/mol. The van der Waals surface area contributed by atoms with E-state index in [1.807, 2.05) is 30.3 Å². The van der Waals surface area contributed by atoms with Crippen molar-refractivity contribution in [3.63, 3.8) is 0 Å². The predicted octanol–water partition coefficient (Wildman–Crippen LogP) is 4.09. The summed E-state index contributed by atoms with van der Waals surface area (Å²) in [7, 11) is 0. The minimum absolute atomic E-state index is 0.394. The molecule has 0 bridgehead atoms. The van der Waals surface area contributed by atoms with E-state index in [1.165, 1.54) is 4.88 Å². The molecule has 0 aliphatic rings. The van der Waals surface area contributed by atoms with Crippen LogP contribution in [0, 0.1) is 17.8 Å². The summed E-state index contributed by atoms with van der Waals surface area (Å²) in [6.45, 7) is 5.19. The molecule has 0 saturated carbocycles. The molecule has 1 aromatic carbocycles. The van der Waals surface area contributed by atoms with Crippen LogP contribution in [-0.2, 0) is 0 Å². The highest BCUT2D eigenvalue weighted by Crippen LogP contribution is 2.25. The van der Waals surface area contributed by atoms with Crippen LogP contribution in [-0.4, -0.2) is 6.54 Å². The summed E-state index contributed by atoms with van der Waals surface area (Å²) in [6, 6.07) is 14.8. The molecule has 1 N–H and O–H groups in total. The lowest BCUT2D eigenvalue weighted by Gasteiger charge is -2.19. The van der Waals surface area contributed by atoms with Gasteiger partial charge in [-0.25, -0.2) is 0 Å². The molecule has 1 aromatic heterocycles. The molecule has 1 heterocycles. The molecule has 19 heavy (non-hydrogen) atoms. The number of rotatable bonds is 4. The SMILES string of the molecule is CC(C)C(NCC#Cc1ccccc1)c1cccs1. The number of thiophene rings is 1. The fraction of sp³-hybridized carbons (Fsp3) is 0.294. The minimum atomic E-state index is 0.394. The van der Waals surface area contributed by atoms with E-state index in [0.717, 1.165) is 12.1 Å². The van der Waals surface area contributed by atoms with Gasteiger partial charge in [-0.1, -0.05) is 50.0 Å². The van der Waals surface area contributed by atoms with E-state index in [4.69, 9.17) is 0 Å². The molecule has 2 aromatic rings. The lowest BCUT2D eigenvalue weighted by atomic mass is 10.0. The molecule has 1 atom stereocenters. The van der Waals surface area contributed by atoms with Gasteiger partial charge < -0.3 is 0 Å². The van der Waals surface area contributed by atoms with Crippen LogP contribution in [0.25, 0.3) is 0 Å². The van der Waals surface area contributed by atoms with Gasteiger partial charge in [-0.05, 0) is 29.5 Å². The van der Waals surface area contributed by atoms with Crippen molar-refractivity contribution in [2.45, 2.75) is 19.9 Å². The van der Waals surface area contributed by atoms with E-state index < -0.39 is 0 Å². The standard InChI is InChI=1S/C17H19NS/c1-14(2)17(16-11-7-13-19-16)18-12-6-10-15-8-4-3-5-9-15/h3-5,7-9,11,13-14,17-18H,12H2,1-2H3. The second kappa shape index (κ2) is 7.13. The molecule has 0 spiro atoms. The fourth-order valence-corrected chi connectivity index (χ4v) is 2.94. The summed E-state index contributed by atoms with van der Waals surface area (Å²) in [4.78, 5) is 1.39. The molecule has 0 aliphatic carbocycles. The Labute approximate surface area is 119 Å². The first-order valence-corrected chi connectivity index (χ1v) is 7.46. The van der Waals surface area contributed by atoms with Crippen LogP contribution in [0.15, 0.2) is 47.8 Å². The van der Waals surface area contributed by atoms with Crippen molar-refractivity contribution in [2.75, 3.05) is 6.54 Å². The van der Waals surface area contributed by atoms with Crippen molar-refractivity contribution in [1.82, 2.24) is 5.32 Å². The molecule has 0 saturated heterocycles. The Morgan fingerprint density at radius 3 is 2.53 bits per heavy atom. The first-order chi connectivity index (χ1) is 9.27. The summed E-state index contributed by atoms with van der Waals surface area (Å²) < 4.78 is 0. The maximum Gasteiger partial charge on any atom is 0.0585 e. The van der Waals surface area contributed by atoms with Crippen LogP contribution in [0.1, 0.15) is 30.3 Å². The molecule has 0 amide bonds. The van der Waals surface area contributed by atoms with Gasteiger partial charge in [0.1, 0.15) is 0 Å². The molecule has 0 radical (unpaired) electrons. The van der Waals surface area contributed by atoms with Crippen LogP contribution >= 0.6 is 11.3 Å². The Kier molecular flexibility index (Phi) is 5.20. The van der Waals surface area contributed by atoms with Gasteiger partial charge in [-0.2, -0.15) is 0 Å². The zero-order valence-electron chi connectivity index (χ0n) is 11.4. The number of hydrogen-bond acceptors (Lipinski definition) is 2. The van der Waals surface area contributed by atoms with E-state index in [2.05, 4.69) is 48.5 Å². The maximum atomic E-state index is 3.53. The summed E-state index contributed by atoms with van der Waals surface area (Å²) in [5, 5.41) is 5.66. The highest BCUT2D eigenvalue weighted by atomic mass is 32.1. The van der Waals surface area contributed by atoms with Crippen LogP contribution in [0.3, 0.4) is 0 Å². The normalized spacial score (nSPS) is 11.9. The summed E-state index contributed by atoms with van der Waals surface area (Å²) >= 11 is 1.80. The Bertz CT molecular complexity index is 532. The van der Waals surface area contributed by atoms with Gasteiger partial charge in [0.2, 0.25) is 0 Å². The minimum Gasteiger partial charge on any atom is -0.298 e. The van der Waals surface area contributed by atoms with E-state index in [0.29, 0.717) is 12.0 Å². The van der Waals surface area contributed by atoms with Crippen molar-refractivity contribution in [3.05, 3.63) is 58.3 Å². The maximum absolute atomic E-state index is 3.53. The van der Waals surface area contributed by atoms with Crippen LogP contribution < -0.4 is 5.32 Å². The highest BCUT2D eigenvalue weighted by molar-refractivity contribution is 7.10. The third-order valence-electron chi connectivity index (χ3n) is 2.93. The van der Waals surface area contributed by atoms with Crippen LogP contribution in [0.2, 0.25) is 0 Å². The molecule has 1 nitrogen and oxygen atoms in total. The molecule has 2 heteroatoms. The average molecular weight is 269 g/mol. The van der Waals surface area contributed by atoms with Gasteiger partial charge in [0.15, 0.2) is 0 Å². The van der Waals surface area contributed by atoms with E-state index in [-0.39, 0.29) is 0 Å². The van der Waals surface area contributed by atoms with Crippen molar-refractivity contribution in [1.29, 1.82) is 0 Å².